The zero-order valence-electron chi connectivity index (χ0n) is 15.0. The van der Waals surface area contributed by atoms with Crippen molar-refractivity contribution in [2.24, 2.45) is 0 Å². The van der Waals surface area contributed by atoms with Crippen molar-refractivity contribution in [3.8, 4) is 0 Å². The Morgan fingerprint density at radius 2 is 1.88 bits per heavy atom. The number of amides is 2. The van der Waals surface area contributed by atoms with Crippen molar-refractivity contribution in [1.82, 2.24) is 20.4 Å². The third-order valence-electron chi connectivity index (χ3n) is 4.36. The van der Waals surface area contributed by atoms with Crippen LogP contribution in [0.5, 0.6) is 0 Å². The van der Waals surface area contributed by atoms with Crippen LogP contribution in [0.2, 0.25) is 0 Å². The van der Waals surface area contributed by atoms with E-state index < -0.39 is 0 Å². The lowest BCUT2D eigenvalue weighted by Crippen LogP contribution is -2.45. The number of rotatable bonds is 7. The SMILES string of the molecule is Cc1ccc([C@H](CNC(=O)NCCN2CCOCC2)N(C)C)cc1. The van der Waals surface area contributed by atoms with E-state index in [4.69, 9.17) is 4.74 Å². The van der Waals surface area contributed by atoms with Gasteiger partial charge in [0.2, 0.25) is 0 Å². The van der Waals surface area contributed by atoms with Gasteiger partial charge >= 0.3 is 6.03 Å². The van der Waals surface area contributed by atoms with Gasteiger partial charge in [0.25, 0.3) is 0 Å². The summed E-state index contributed by atoms with van der Waals surface area (Å²) < 4.78 is 5.32. The molecule has 6 nitrogen and oxygen atoms in total. The number of morpholine rings is 1. The minimum absolute atomic E-state index is 0.109. The molecule has 0 aromatic heterocycles. The van der Waals surface area contributed by atoms with Crippen molar-refractivity contribution in [2.45, 2.75) is 13.0 Å². The molecule has 0 saturated carbocycles. The fraction of sp³-hybridized carbons (Fsp3) is 0.611. The Kier molecular flexibility index (Phi) is 7.49. The van der Waals surface area contributed by atoms with E-state index in [2.05, 4.69) is 51.6 Å². The van der Waals surface area contributed by atoms with Crippen molar-refractivity contribution in [2.75, 3.05) is 60.0 Å². The van der Waals surface area contributed by atoms with Gasteiger partial charge in [-0.15, -0.1) is 0 Å². The Labute approximate surface area is 145 Å². The summed E-state index contributed by atoms with van der Waals surface area (Å²) >= 11 is 0. The monoisotopic (exact) mass is 334 g/mol. The predicted octanol–water partition coefficient (Wildman–Crippen LogP) is 1.23. The summed E-state index contributed by atoms with van der Waals surface area (Å²) in [4.78, 5) is 16.4. The molecule has 1 aromatic rings. The highest BCUT2D eigenvalue weighted by atomic mass is 16.5. The first kappa shape index (κ1) is 18.7. The molecule has 1 atom stereocenters. The fourth-order valence-corrected chi connectivity index (χ4v) is 2.79. The van der Waals surface area contributed by atoms with Crippen molar-refractivity contribution >= 4 is 6.03 Å². The Balaban J connectivity index is 1.72. The zero-order chi connectivity index (χ0) is 17.4. The van der Waals surface area contributed by atoms with E-state index in [1.54, 1.807) is 0 Å². The molecule has 1 aliphatic rings. The molecule has 134 valence electrons. The smallest absolute Gasteiger partial charge is 0.314 e. The number of ether oxygens (including phenoxy) is 1. The molecule has 2 rings (SSSR count). The van der Waals surface area contributed by atoms with Crippen molar-refractivity contribution < 1.29 is 9.53 Å². The van der Waals surface area contributed by atoms with Crippen LogP contribution in [0.4, 0.5) is 4.79 Å². The number of carbonyl (C=O) groups excluding carboxylic acids is 1. The normalized spacial score (nSPS) is 16.8. The van der Waals surface area contributed by atoms with E-state index in [1.165, 1.54) is 11.1 Å². The number of hydrogen-bond donors (Lipinski definition) is 2. The van der Waals surface area contributed by atoms with E-state index in [0.717, 1.165) is 32.8 Å². The summed E-state index contributed by atoms with van der Waals surface area (Å²) in [5, 5.41) is 5.91. The lowest BCUT2D eigenvalue weighted by atomic mass is 10.0. The number of carbonyl (C=O) groups is 1. The molecule has 1 fully saturated rings. The molecule has 1 aliphatic heterocycles. The third kappa shape index (κ3) is 6.11. The molecule has 0 unspecified atom stereocenters. The zero-order valence-corrected chi connectivity index (χ0v) is 15.0. The lowest BCUT2D eigenvalue weighted by molar-refractivity contribution is 0.0387. The second-order valence-corrected chi connectivity index (χ2v) is 6.48. The minimum Gasteiger partial charge on any atom is -0.379 e. The number of aryl methyl sites for hydroxylation is 1. The maximum absolute atomic E-state index is 12.0. The van der Waals surface area contributed by atoms with Gasteiger partial charge in [0.05, 0.1) is 19.3 Å². The molecular formula is C18H30N4O2. The largest absolute Gasteiger partial charge is 0.379 e. The maximum Gasteiger partial charge on any atom is 0.314 e. The lowest BCUT2D eigenvalue weighted by Gasteiger charge is -2.27. The van der Waals surface area contributed by atoms with Crippen molar-refractivity contribution in [3.63, 3.8) is 0 Å². The van der Waals surface area contributed by atoms with E-state index in [9.17, 15) is 4.79 Å². The fourth-order valence-electron chi connectivity index (χ4n) is 2.79. The first-order valence-electron chi connectivity index (χ1n) is 8.61. The number of benzene rings is 1. The van der Waals surface area contributed by atoms with Gasteiger partial charge in [-0.1, -0.05) is 29.8 Å². The van der Waals surface area contributed by atoms with Crippen LogP contribution in [0.25, 0.3) is 0 Å². The Bertz CT molecular complexity index is 498. The van der Waals surface area contributed by atoms with Crippen LogP contribution in [0.1, 0.15) is 17.2 Å². The highest BCUT2D eigenvalue weighted by Gasteiger charge is 2.15. The Hall–Kier alpha value is -1.63. The number of nitrogens with zero attached hydrogens (tertiary/aromatic N) is 2. The molecule has 1 saturated heterocycles. The van der Waals surface area contributed by atoms with Crippen LogP contribution in [-0.4, -0.2) is 75.9 Å². The van der Waals surface area contributed by atoms with Crippen LogP contribution in [0, 0.1) is 6.92 Å². The quantitative estimate of drug-likeness (QED) is 0.787. The molecule has 24 heavy (non-hydrogen) atoms. The van der Waals surface area contributed by atoms with Gasteiger partial charge in [-0.2, -0.15) is 0 Å². The van der Waals surface area contributed by atoms with E-state index in [1.807, 2.05) is 14.1 Å². The number of urea groups is 1. The van der Waals surface area contributed by atoms with E-state index >= 15 is 0 Å². The molecule has 6 heteroatoms. The Morgan fingerprint density at radius 1 is 1.21 bits per heavy atom. The van der Waals surface area contributed by atoms with Gasteiger partial charge in [-0.05, 0) is 26.6 Å². The molecule has 1 heterocycles. The highest BCUT2D eigenvalue weighted by Crippen LogP contribution is 2.17. The van der Waals surface area contributed by atoms with Gasteiger partial charge in [0.1, 0.15) is 0 Å². The van der Waals surface area contributed by atoms with Gasteiger partial charge in [-0.3, -0.25) is 4.90 Å². The molecule has 1 aromatic carbocycles. The summed E-state index contributed by atoms with van der Waals surface area (Å²) in [7, 11) is 4.06. The van der Waals surface area contributed by atoms with Crippen molar-refractivity contribution in [1.29, 1.82) is 0 Å². The second-order valence-electron chi connectivity index (χ2n) is 6.48. The molecule has 0 spiro atoms. The Morgan fingerprint density at radius 3 is 2.50 bits per heavy atom. The van der Waals surface area contributed by atoms with E-state index in [0.29, 0.717) is 13.1 Å². The standard InChI is InChI=1S/C18H30N4O2/c1-15-4-6-16(7-5-15)17(21(2)3)14-20-18(23)19-8-9-22-10-12-24-13-11-22/h4-7,17H,8-14H2,1-3H3,(H2,19,20,23)/t17-/m0/s1. The van der Waals surface area contributed by atoms with Gasteiger partial charge in [0, 0.05) is 32.7 Å². The summed E-state index contributed by atoms with van der Waals surface area (Å²) in [6.45, 7) is 7.64. The van der Waals surface area contributed by atoms with Crippen LogP contribution in [0.3, 0.4) is 0 Å². The number of nitrogens with one attached hydrogen (secondary N) is 2. The third-order valence-corrected chi connectivity index (χ3v) is 4.36. The first-order valence-corrected chi connectivity index (χ1v) is 8.61. The number of likely N-dealkylation sites (N-methyl/N-ethyl adjacent to an activating group) is 1. The topological polar surface area (TPSA) is 56.8 Å². The van der Waals surface area contributed by atoms with Crippen LogP contribution >= 0.6 is 0 Å². The second kappa shape index (κ2) is 9.61. The summed E-state index contributed by atoms with van der Waals surface area (Å²) in [5.74, 6) is 0. The molecule has 0 radical (unpaired) electrons. The molecule has 0 aliphatic carbocycles. The summed E-state index contributed by atoms with van der Waals surface area (Å²) in [6, 6.07) is 8.51. The molecular weight excluding hydrogens is 304 g/mol. The summed E-state index contributed by atoms with van der Waals surface area (Å²) in [5.41, 5.74) is 2.45. The molecule has 0 bridgehead atoms. The summed E-state index contributed by atoms with van der Waals surface area (Å²) in [6.07, 6.45) is 0. The van der Waals surface area contributed by atoms with Crippen LogP contribution in [0.15, 0.2) is 24.3 Å². The average molecular weight is 334 g/mol. The van der Waals surface area contributed by atoms with Gasteiger partial charge in [-0.25, -0.2) is 4.79 Å². The average Bonchev–Trinajstić information content (AvgIpc) is 2.57. The number of hydrogen-bond acceptors (Lipinski definition) is 4. The molecule has 2 amide bonds. The molecule has 2 N–H and O–H groups in total. The van der Waals surface area contributed by atoms with Crippen LogP contribution in [-0.2, 0) is 4.74 Å². The minimum atomic E-state index is -0.109. The van der Waals surface area contributed by atoms with E-state index in [-0.39, 0.29) is 12.1 Å². The van der Waals surface area contributed by atoms with Crippen molar-refractivity contribution in [3.05, 3.63) is 35.4 Å². The van der Waals surface area contributed by atoms with Gasteiger partial charge < -0.3 is 20.3 Å². The predicted molar refractivity (Wildman–Crippen MR) is 96.3 cm³/mol. The van der Waals surface area contributed by atoms with Gasteiger partial charge in [0.15, 0.2) is 0 Å². The van der Waals surface area contributed by atoms with Crippen LogP contribution < -0.4 is 10.6 Å². The maximum atomic E-state index is 12.0. The first-order chi connectivity index (χ1) is 11.6. The highest BCUT2D eigenvalue weighted by molar-refractivity contribution is 5.73.